The third-order valence-corrected chi connectivity index (χ3v) is 5.99. The summed E-state index contributed by atoms with van der Waals surface area (Å²) in [5, 5.41) is 5.82. The first kappa shape index (κ1) is 20.9. The van der Waals surface area contributed by atoms with Crippen LogP contribution in [0.4, 0.5) is 4.79 Å². The van der Waals surface area contributed by atoms with Gasteiger partial charge in [0.15, 0.2) is 0 Å². The molecule has 2 aromatic carbocycles. The molecule has 1 aliphatic rings. The minimum Gasteiger partial charge on any atom is -0.497 e. The SMILES string of the molecule is COc1ccc(C2=NN(C(=O)NS(=O)(=O)c3ccc(Cl)cc3)CC2C)c(OC)c1. The van der Waals surface area contributed by atoms with E-state index in [1.165, 1.54) is 31.4 Å². The minimum atomic E-state index is -4.05. The maximum Gasteiger partial charge on any atom is 0.351 e. The quantitative estimate of drug-likeness (QED) is 0.775. The van der Waals surface area contributed by atoms with Crippen molar-refractivity contribution in [1.82, 2.24) is 9.73 Å². The van der Waals surface area contributed by atoms with E-state index in [0.717, 1.165) is 5.01 Å². The summed E-state index contributed by atoms with van der Waals surface area (Å²) in [5.74, 6) is 1.05. The lowest BCUT2D eigenvalue weighted by Crippen LogP contribution is -2.39. The van der Waals surface area contributed by atoms with Crippen molar-refractivity contribution in [3.05, 3.63) is 53.1 Å². The zero-order valence-corrected chi connectivity index (χ0v) is 17.6. The van der Waals surface area contributed by atoms with Crippen LogP contribution >= 0.6 is 11.6 Å². The molecule has 0 saturated carbocycles. The van der Waals surface area contributed by atoms with Crippen LogP contribution in [0.3, 0.4) is 0 Å². The minimum absolute atomic E-state index is 0.0662. The van der Waals surface area contributed by atoms with E-state index in [0.29, 0.717) is 27.8 Å². The van der Waals surface area contributed by atoms with Crippen LogP contribution in [-0.2, 0) is 10.0 Å². The van der Waals surface area contributed by atoms with Gasteiger partial charge in [0.05, 0.1) is 31.4 Å². The van der Waals surface area contributed by atoms with Gasteiger partial charge in [0.2, 0.25) is 0 Å². The highest BCUT2D eigenvalue weighted by Gasteiger charge is 2.31. The third kappa shape index (κ3) is 4.46. The smallest absolute Gasteiger partial charge is 0.351 e. The molecule has 0 radical (unpaired) electrons. The fourth-order valence-electron chi connectivity index (χ4n) is 2.91. The molecule has 0 aliphatic carbocycles. The number of methoxy groups -OCH3 is 2. The van der Waals surface area contributed by atoms with E-state index >= 15 is 0 Å². The van der Waals surface area contributed by atoms with Gasteiger partial charge in [-0.15, -0.1) is 0 Å². The number of hydrazone groups is 1. The zero-order chi connectivity index (χ0) is 21.2. The number of carbonyl (C=O) groups excluding carboxylic acids is 1. The largest absolute Gasteiger partial charge is 0.497 e. The number of nitrogens with one attached hydrogen (secondary N) is 1. The van der Waals surface area contributed by atoms with Gasteiger partial charge in [0.25, 0.3) is 10.0 Å². The second kappa shape index (κ2) is 8.30. The second-order valence-electron chi connectivity index (χ2n) is 6.40. The predicted octanol–water partition coefficient (Wildman–Crippen LogP) is 3.11. The molecule has 1 heterocycles. The molecule has 2 aromatic rings. The monoisotopic (exact) mass is 437 g/mol. The van der Waals surface area contributed by atoms with Crippen molar-refractivity contribution in [2.24, 2.45) is 11.0 Å². The number of ether oxygens (including phenoxy) is 2. The van der Waals surface area contributed by atoms with Gasteiger partial charge >= 0.3 is 6.03 Å². The van der Waals surface area contributed by atoms with Crippen molar-refractivity contribution < 1.29 is 22.7 Å². The summed E-state index contributed by atoms with van der Waals surface area (Å²) in [5.41, 5.74) is 1.32. The Labute approximate surface area is 174 Å². The van der Waals surface area contributed by atoms with Gasteiger partial charge in [-0.2, -0.15) is 5.10 Å². The molecule has 0 fully saturated rings. The van der Waals surface area contributed by atoms with Crippen molar-refractivity contribution in [3.8, 4) is 11.5 Å². The van der Waals surface area contributed by atoms with Gasteiger partial charge in [0, 0.05) is 22.6 Å². The molecule has 0 saturated heterocycles. The summed E-state index contributed by atoms with van der Waals surface area (Å²) >= 11 is 5.78. The van der Waals surface area contributed by atoms with E-state index < -0.39 is 16.1 Å². The molecule has 10 heteroatoms. The number of urea groups is 1. The fraction of sp³-hybridized carbons (Fsp3) is 0.263. The molecule has 154 valence electrons. The van der Waals surface area contributed by atoms with Crippen LogP contribution in [0.5, 0.6) is 11.5 Å². The van der Waals surface area contributed by atoms with E-state index in [9.17, 15) is 13.2 Å². The normalized spacial score (nSPS) is 16.3. The molecule has 2 amide bonds. The first-order valence-corrected chi connectivity index (χ1v) is 10.5. The molecule has 0 spiro atoms. The van der Waals surface area contributed by atoms with Gasteiger partial charge in [-0.25, -0.2) is 22.9 Å². The fourth-order valence-corrected chi connectivity index (χ4v) is 3.99. The number of benzene rings is 2. The van der Waals surface area contributed by atoms with Gasteiger partial charge in [-0.3, -0.25) is 0 Å². The first-order chi connectivity index (χ1) is 13.7. The number of hydrogen-bond donors (Lipinski definition) is 1. The van der Waals surface area contributed by atoms with Crippen molar-refractivity contribution in [2.45, 2.75) is 11.8 Å². The van der Waals surface area contributed by atoms with E-state index in [2.05, 4.69) is 5.10 Å². The molecule has 29 heavy (non-hydrogen) atoms. The molecule has 3 rings (SSSR count). The first-order valence-electron chi connectivity index (χ1n) is 8.66. The van der Waals surface area contributed by atoms with E-state index in [1.54, 1.807) is 25.3 Å². The summed E-state index contributed by atoms with van der Waals surface area (Å²) in [6.07, 6.45) is 0. The lowest BCUT2D eigenvalue weighted by molar-refractivity contribution is 0.208. The maximum atomic E-state index is 12.5. The molecule has 1 aliphatic heterocycles. The standard InChI is InChI=1S/C19H20ClN3O5S/c1-12-11-23(19(24)22-29(25,26)15-7-4-13(20)5-8-15)21-18(12)16-9-6-14(27-2)10-17(16)28-3/h4-10,12H,11H2,1-3H3,(H,22,24). The van der Waals surface area contributed by atoms with Crippen LogP contribution in [0.1, 0.15) is 12.5 Å². The van der Waals surface area contributed by atoms with Crippen molar-refractivity contribution in [2.75, 3.05) is 20.8 Å². The van der Waals surface area contributed by atoms with Gasteiger partial charge < -0.3 is 9.47 Å². The maximum absolute atomic E-state index is 12.5. The lowest BCUT2D eigenvalue weighted by atomic mass is 9.98. The summed E-state index contributed by atoms with van der Waals surface area (Å²) in [6, 6.07) is 9.95. The Hall–Kier alpha value is -2.78. The van der Waals surface area contributed by atoms with Crippen molar-refractivity contribution >= 4 is 33.4 Å². The molecule has 1 atom stereocenters. The van der Waals surface area contributed by atoms with E-state index in [-0.39, 0.29) is 17.4 Å². The zero-order valence-electron chi connectivity index (χ0n) is 16.0. The Morgan fingerprint density at radius 2 is 1.86 bits per heavy atom. The van der Waals surface area contributed by atoms with Crippen molar-refractivity contribution in [3.63, 3.8) is 0 Å². The molecular weight excluding hydrogens is 418 g/mol. The van der Waals surface area contributed by atoms with Crippen LogP contribution in [0.15, 0.2) is 52.5 Å². The van der Waals surface area contributed by atoms with E-state index in [4.69, 9.17) is 21.1 Å². The van der Waals surface area contributed by atoms with E-state index in [1.807, 2.05) is 11.6 Å². The Morgan fingerprint density at radius 1 is 1.17 bits per heavy atom. The average Bonchev–Trinajstić information content (AvgIpc) is 3.09. The molecule has 0 aromatic heterocycles. The van der Waals surface area contributed by atoms with Crippen LogP contribution < -0.4 is 14.2 Å². The Morgan fingerprint density at radius 3 is 2.48 bits per heavy atom. The van der Waals surface area contributed by atoms with Crippen molar-refractivity contribution in [1.29, 1.82) is 0 Å². The van der Waals surface area contributed by atoms with Crippen LogP contribution in [0.2, 0.25) is 5.02 Å². The van der Waals surface area contributed by atoms with Crippen LogP contribution in [-0.4, -0.2) is 45.9 Å². The molecule has 8 nitrogen and oxygen atoms in total. The predicted molar refractivity (Wildman–Crippen MR) is 109 cm³/mol. The number of carbonyl (C=O) groups is 1. The Bertz CT molecular complexity index is 1050. The number of amides is 2. The molecule has 0 bridgehead atoms. The number of nitrogens with zero attached hydrogens (tertiary/aromatic N) is 2. The Balaban J connectivity index is 1.83. The summed E-state index contributed by atoms with van der Waals surface area (Å²) in [6.45, 7) is 2.12. The van der Waals surface area contributed by atoms with Crippen LogP contribution in [0, 0.1) is 5.92 Å². The van der Waals surface area contributed by atoms with Crippen LogP contribution in [0.25, 0.3) is 0 Å². The molecule has 1 N–H and O–H groups in total. The third-order valence-electron chi connectivity index (χ3n) is 4.41. The highest BCUT2D eigenvalue weighted by atomic mass is 35.5. The number of halogens is 1. The number of rotatable bonds is 5. The molecule has 1 unspecified atom stereocenters. The van der Waals surface area contributed by atoms with Gasteiger partial charge in [-0.05, 0) is 36.4 Å². The summed E-state index contributed by atoms with van der Waals surface area (Å²) < 4.78 is 37.5. The van der Waals surface area contributed by atoms with Gasteiger partial charge in [0.1, 0.15) is 11.5 Å². The summed E-state index contributed by atoms with van der Waals surface area (Å²) in [4.78, 5) is 12.5. The number of sulfonamides is 1. The summed E-state index contributed by atoms with van der Waals surface area (Å²) in [7, 11) is -0.963. The molecular formula is C19H20ClN3O5S. The highest BCUT2D eigenvalue weighted by Crippen LogP contribution is 2.30. The highest BCUT2D eigenvalue weighted by molar-refractivity contribution is 7.90. The topological polar surface area (TPSA) is 97.3 Å². The van der Waals surface area contributed by atoms with Gasteiger partial charge in [-0.1, -0.05) is 18.5 Å². The Kier molecular flexibility index (Phi) is 5.99. The number of hydrogen-bond acceptors (Lipinski definition) is 6. The average molecular weight is 438 g/mol. The lowest BCUT2D eigenvalue weighted by Gasteiger charge is -2.14. The second-order valence-corrected chi connectivity index (χ2v) is 8.52.